The molecule has 2 aromatic rings. The Bertz CT molecular complexity index is 686. The molecule has 5 nitrogen and oxygen atoms in total. The number of carbonyl (C=O) groups is 2. The zero-order valence-electron chi connectivity index (χ0n) is 13.9. The Balaban J connectivity index is 1.83. The summed E-state index contributed by atoms with van der Waals surface area (Å²) in [4.78, 5) is 24.0. The van der Waals surface area contributed by atoms with E-state index in [4.69, 9.17) is 4.74 Å². The molecular formula is C19H22N2O3. The van der Waals surface area contributed by atoms with Gasteiger partial charge in [0, 0.05) is 6.04 Å². The topological polar surface area (TPSA) is 67.4 Å². The first kappa shape index (κ1) is 17.5. The Hall–Kier alpha value is -2.82. The van der Waals surface area contributed by atoms with Crippen molar-refractivity contribution in [3.63, 3.8) is 0 Å². The molecule has 0 aliphatic carbocycles. The fourth-order valence-electron chi connectivity index (χ4n) is 2.32. The summed E-state index contributed by atoms with van der Waals surface area (Å²) in [5.74, 6) is -0.844. The van der Waals surface area contributed by atoms with Gasteiger partial charge in [-0.05, 0) is 37.5 Å². The standard InChI is InChI=1S/C19H22N2O3/c1-14(12-13-15-8-4-3-5-9-15)20-18(22)19(23)21-16-10-6-7-11-17(16)24-2/h3-11,14H,12-13H2,1-2H3,(H,20,22)(H,21,23). The second kappa shape index (κ2) is 8.72. The van der Waals surface area contributed by atoms with E-state index >= 15 is 0 Å². The van der Waals surface area contributed by atoms with Crippen molar-refractivity contribution in [1.82, 2.24) is 5.32 Å². The fourth-order valence-corrected chi connectivity index (χ4v) is 2.32. The van der Waals surface area contributed by atoms with Crippen LogP contribution >= 0.6 is 0 Å². The van der Waals surface area contributed by atoms with Gasteiger partial charge in [-0.3, -0.25) is 9.59 Å². The number of aryl methyl sites for hydroxylation is 1. The van der Waals surface area contributed by atoms with E-state index in [1.807, 2.05) is 37.3 Å². The van der Waals surface area contributed by atoms with Crippen LogP contribution in [-0.2, 0) is 16.0 Å². The van der Waals surface area contributed by atoms with Crippen molar-refractivity contribution in [2.45, 2.75) is 25.8 Å². The molecule has 0 spiro atoms. The number of benzene rings is 2. The van der Waals surface area contributed by atoms with Crippen LogP contribution in [-0.4, -0.2) is 25.0 Å². The van der Waals surface area contributed by atoms with E-state index in [0.717, 1.165) is 12.8 Å². The third-order valence-corrected chi connectivity index (χ3v) is 3.65. The van der Waals surface area contributed by atoms with Gasteiger partial charge in [0.15, 0.2) is 0 Å². The minimum Gasteiger partial charge on any atom is -0.495 e. The smallest absolute Gasteiger partial charge is 0.313 e. The molecule has 5 heteroatoms. The maximum Gasteiger partial charge on any atom is 0.313 e. The van der Waals surface area contributed by atoms with Crippen LogP contribution in [0.2, 0.25) is 0 Å². The van der Waals surface area contributed by atoms with E-state index in [0.29, 0.717) is 11.4 Å². The van der Waals surface area contributed by atoms with Gasteiger partial charge in [0.05, 0.1) is 12.8 Å². The Kier molecular flexibility index (Phi) is 6.37. The molecule has 0 radical (unpaired) electrons. The number of hydrogen-bond donors (Lipinski definition) is 2. The molecule has 2 aromatic carbocycles. The summed E-state index contributed by atoms with van der Waals surface area (Å²) >= 11 is 0. The van der Waals surface area contributed by atoms with Gasteiger partial charge in [0.25, 0.3) is 0 Å². The van der Waals surface area contributed by atoms with Crippen molar-refractivity contribution >= 4 is 17.5 Å². The first-order chi connectivity index (χ1) is 11.6. The first-order valence-corrected chi connectivity index (χ1v) is 7.89. The maximum atomic E-state index is 12.0. The molecule has 0 aliphatic heterocycles. The Morgan fingerprint density at radius 3 is 2.38 bits per heavy atom. The molecule has 0 aliphatic rings. The number of para-hydroxylation sites is 2. The number of anilines is 1. The molecule has 0 fully saturated rings. The monoisotopic (exact) mass is 326 g/mol. The summed E-state index contributed by atoms with van der Waals surface area (Å²) in [5, 5.41) is 5.28. The summed E-state index contributed by atoms with van der Waals surface area (Å²) in [6.45, 7) is 1.89. The van der Waals surface area contributed by atoms with Crippen LogP contribution in [0.1, 0.15) is 18.9 Å². The zero-order chi connectivity index (χ0) is 17.4. The normalized spacial score (nSPS) is 11.4. The molecule has 1 atom stereocenters. The van der Waals surface area contributed by atoms with Gasteiger partial charge in [-0.25, -0.2) is 0 Å². The summed E-state index contributed by atoms with van der Waals surface area (Å²) < 4.78 is 5.15. The number of carbonyl (C=O) groups excluding carboxylic acids is 2. The van der Waals surface area contributed by atoms with Gasteiger partial charge in [0.1, 0.15) is 5.75 Å². The molecule has 1 unspecified atom stereocenters. The highest BCUT2D eigenvalue weighted by Crippen LogP contribution is 2.22. The van der Waals surface area contributed by atoms with Crippen LogP contribution in [0.5, 0.6) is 5.75 Å². The van der Waals surface area contributed by atoms with Crippen LogP contribution < -0.4 is 15.4 Å². The van der Waals surface area contributed by atoms with E-state index in [-0.39, 0.29) is 6.04 Å². The highest BCUT2D eigenvalue weighted by Gasteiger charge is 2.17. The lowest BCUT2D eigenvalue weighted by Gasteiger charge is -2.14. The number of methoxy groups -OCH3 is 1. The summed E-state index contributed by atoms with van der Waals surface area (Å²) in [7, 11) is 1.51. The van der Waals surface area contributed by atoms with Crippen molar-refractivity contribution in [2.24, 2.45) is 0 Å². The summed E-state index contributed by atoms with van der Waals surface area (Å²) in [6, 6.07) is 16.9. The molecular weight excluding hydrogens is 304 g/mol. The molecule has 0 heterocycles. The highest BCUT2D eigenvalue weighted by molar-refractivity contribution is 6.39. The molecule has 2 rings (SSSR count). The predicted molar refractivity (Wildman–Crippen MR) is 94.0 cm³/mol. The van der Waals surface area contributed by atoms with Crippen LogP contribution in [0.4, 0.5) is 5.69 Å². The van der Waals surface area contributed by atoms with Gasteiger partial charge in [0.2, 0.25) is 0 Å². The average Bonchev–Trinajstić information content (AvgIpc) is 2.61. The molecule has 2 N–H and O–H groups in total. The number of amides is 2. The SMILES string of the molecule is COc1ccccc1NC(=O)C(=O)NC(C)CCc1ccccc1. The van der Waals surface area contributed by atoms with Crippen molar-refractivity contribution in [1.29, 1.82) is 0 Å². The average molecular weight is 326 g/mol. The third-order valence-electron chi connectivity index (χ3n) is 3.65. The van der Waals surface area contributed by atoms with Gasteiger partial charge in [-0.15, -0.1) is 0 Å². The van der Waals surface area contributed by atoms with Gasteiger partial charge < -0.3 is 15.4 Å². The Morgan fingerprint density at radius 1 is 1.00 bits per heavy atom. The van der Waals surface area contributed by atoms with Crippen molar-refractivity contribution in [3.8, 4) is 5.75 Å². The second-order valence-corrected chi connectivity index (χ2v) is 5.55. The highest BCUT2D eigenvalue weighted by atomic mass is 16.5. The largest absolute Gasteiger partial charge is 0.495 e. The number of nitrogens with one attached hydrogen (secondary N) is 2. The third kappa shape index (κ3) is 5.12. The predicted octanol–water partition coefficient (Wildman–Crippen LogP) is 2.77. The van der Waals surface area contributed by atoms with E-state index in [1.165, 1.54) is 12.7 Å². The fraction of sp³-hybridized carbons (Fsp3) is 0.263. The van der Waals surface area contributed by atoms with Gasteiger partial charge in [-0.2, -0.15) is 0 Å². The van der Waals surface area contributed by atoms with E-state index < -0.39 is 11.8 Å². The van der Waals surface area contributed by atoms with E-state index in [2.05, 4.69) is 10.6 Å². The second-order valence-electron chi connectivity index (χ2n) is 5.55. The molecule has 0 saturated carbocycles. The number of hydrogen-bond acceptors (Lipinski definition) is 3. The molecule has 0 bridgehead atoms. The number of rotatable bonds is 6. The first-order valence-electron chi connectivity index (χ1n) is 7.89. The molecule has 0 saturated heterocycles. The minimum absolute atomic E-state index is 0.0962. The lowest BCUT2D eigenvalue weighted by Crippen LogP contribution is -2.40. The zero-order valence-corrected chi connectivity index (χ0v) is 13.9. The van der Waals surface area contributed by atoms with Crippen LogP contribution in [0.15, 0.2) is 54.6 Å². The Morgan fingerprint density at radius 2 is 1.67 bits per heavy atom. The van der Waals surface area contributed by atoms with Crippen LogP contribution in [0.3, 0.4) is 0 Å². The van der Waals surface area contributed by atoms with Gasteiger partial charge >= 0.3 is 11.8 Å². The lowest BCUT2D eigenvalue weighted by atomic mass is 10.1. The quantitative estimate of drug-likeness (QED) is 0.802. The number of ether oxygens (including phenoxy) is 1. The molecule has 126 valence electrons. The van der Waals surface area contributed by atoms with Crippen molar-refractivity contribution in [3.05, 3.63) is 60.2 Å². The summed E-state index contributed by atoms with van der Waals surface area (Å²) in [5.41, 5.74) is 1.68. The van der Waals surface area contributed by atoms with E-state index in [1.54, 1.807) is 24.3 Å². The molecule has 0 aromatic heterocycles. The summed E-state index contributed by atoms with van der Waals surface area (Å²) in [6.07, 6.45) is 1.61. The van der Waals surface area contributed by atoms with Gasteiger partial charge in [-0.1, -0.05) is 42.5 Å². The van der Waals surface area contributed by atoms with Crippen molar-refractivity contribution < 1.29 is 14.3 Å². The molecule has 2 amide bonds. The maximum absolute atomic E-state index is 12.0. The minimum atomic E-state index is -0.703. The molecule has 24 heavy (non-hydrogen) atoms. The van der Waals surface area contributed by atoms with Crippen LogP contribution in [0, 0.1) is 0 Å². The Labute approximate surface area is 142 Å². The van der Waals surface area contributed by atoms with E-state index in [9.17, 15) is 9.59 Å². The lowest BCUT2D eigenvalue weighted by molar-refractivity contribution is -0.136. The van der Waals surface area contributed by atoms with Crippen molar-refractivity contribution in [2.75, 3.05) is 12.4 Å². The van der Waals surface area contributed by atoms with Crippen LogP contribution in [0.25, 0.3) is 0 Å².